The van der Waals surface area contributed by atoms with E-state index in [9.17, 15) is 9.59 Å². The lowest BCUT2D eigenvalue weighted by Gasteiger charge is -2.20. The van der Waals surface area contributed by atoms with E-state index in [-0.39, 0.29) is 17.9 Å². The number of amides is 1. The minimum absolute atomic E-state index is 0.114. The standard InChI is InChI=1S/C12H21NO4/c1-7(2)8-9(10(14)16-6)13(8)11(15)17-12(3,4)5/h7-9H,1-6H3/t8-,9-,13?/m0/s1. The molecule has 98 valence electrons. The Morgan fingerprint density at radius 1 is 1.24 bits per heavy atom. The van der Waals surface area contributed by atoms with Crippen LogP contribution in [-0.4, -0.2) is 41.8 Å². The zero-order valence-corrected chi connectivity index (χ0v) is 11.3. The Hall–Kier alpha value is -1.26. The highest BCUT2D eigenvalue weighted by molar-refractivity contribution is 5.88. The van der Waals surface area contributed by atoms with Gasteiger partial charge in [0.15, 0.2) is 6.04 Å². The van der Waals surface area contributed by atoms with E-state index in [2.05, 4.69) is 4.74 Å². The molecule has 0 spiro atoms. The van der Waals surface area contributed by atoms with Crippen molar-refractivity contribution < 1.29 is 19.1 Å². The molecule has 1 amide bonds. The van der Waals surface area contributed by atoms with Crippen molar-refractivity contribution in [1.82, 2.24) is 4.90 Å². The second kappa shape index (κ2) is 4.55. The van der Waals surface area contributed by atoms with Crippen LogP contribution in [0.2, 0.25) is 0 Å². The minimum atomic E-state index is -0.554. The molecule has 1 aliphatic heterocycles. The van der Waals surface area contributed by atoms with E-state index in [4.69, 9.17) is 4.74 Å². The largest absolute Gasteiger partial charge is 0.467 e. The van der Waals surface area contributed by atoms with Crippen molar-refractivity contribution in [3.63, 3.8) is 0 Å². The molecule has 0 saturated carbocycles. The third kappa shape index (κ3) is 3.11. The van der Waals surface area contributed by atoms with Gasteiger partial charge in [0.25, 0.3) is 0 Å². The maximum Gasteiger partial charge on any atom is 0.411 e. The first-order chi connectivity index (χ1) is 7.69. The summed E-state index contributed by atoms with van der Waals surface area (Å²) in [6.45, 7) is 9.32. The Morgan fingerprint density at radius 3 is 2.12 bits per heavy atom. The number of esters is 1. The summed E-state index contributed by atoms with van der Waals surface area (Å²) >= 11 is 0. The first kappa shape index (κ1) is 13.8. The number of carbonyl (C=O) groups excluding carboxylic acids is 2. The Balaban J connectivity index is 2.71. The fourth-order valence-corrected chi connectivity index (χ4v) is 1.86. The molecule has 0 unspecified atom stereocenters. The van der Waals surface area contributed by atoms with Gasteiger partial charge in [-0.3, -0.25) is 4.90 Å². The number of hydrogen-bond donors (Lipinski definition) is 0. The highest BCUT2D eigenvalue weighted by atomic mass is 16.6. The van der Waals surface area contributed by atoms with Crippen molar-refractivity contribution >= 4 is 12.1 Å². The second-order valence-electron chi connectivity index (χ2n) is 5.59. The summed E-state index contributed by atoms with van der Waals surface area (Å²) in [5.41, 5.74) is -0.554. The van der Waals surface area contributed by atoms with Gasteiger partial charge in [-0.15, -0.1) is 0 Å². The molecule has 0 aromatic heterocycles. The molecule has 5 heteroatoms. The van der Waals surface area contributed by atoms with Crippen LogP contribution < -0.4 is 0 Å². The van der Waals surface area contributed by atoms with Gasteiger partial charge in [0, 0.05) is 0 Å². The van der Waals surface area contributed by atoms with E-state index >= 15 is 0 Å². The maximum atomic E-state index is 11.9. The molecule has 17 heavy (non-hydrogen) atoms. The van der Waals surface area contributed by atoms with Gasteiger partial charge >= 0.3 is 12.1 Å². The topological polar surface area (TPSA) is 55.6 Å². The van der Waals surface area contributed by atoms with Gasteiger partial charge in [-0.2, -0.15) is 0 Å². The summed E-state index contributed by atoms with van der Waals surface area (Å²) in [7, 11) is 1.32. The van der Waals surface area contributed by atoms with E-state index < -0.39 is 17.7 Å². The van der Waals surface area contributed by atoms with Gasteiger partial charge in [-0.05, 0) is 26.7 Å². The van der Waals surface area contributed by atoms with E-state index in [1.165, 1.54) is 12.0 Å². The van der Waals surface area contributed by atoms with Gasteiger partial charge in [-0.1, -0.05) is 13.8 Å². The van der Waals surface area contributed by atoms with Crippen LogP contribution in [0.5, 0.6) is 0 Å². The van der Waals surface area contributed by atoms with Crippen molar-refractivity contribution in [2.45, 2.75) is 52.3 Å². The number of nitrogens with zero attached hydrogens (tertiary/aromatic N) is 1. The number of ether oxygens (including phenoxy) is 2. The zero-order chi connectivity index (χ0) is 13.4. The van der Waals surface area contributed by atoms with Crippen LogP contribution in [0, 0.1) is 5.92 Å². The summed E-state index contributed by atoms with van der Waals surface area (Å²) in [6.07, 6.45) is -0.452. The van der Waals surface area contributed by atoms with Crippen molar-refractivity contribution in [2.24, 2.45) is 5.92 Å². The van der Waals surface area contributed by atoms with Gasteiger partial charge < -0.3 is 9.47 Å². The van der Waals surface area contributed by atoms with Gasteiger partial charge in [0.1, 0.15) is 5.60 Å². The lowest BCUT2D eigenvalue weighted by molar-refractivity contribution is -0.141. The van der Waals surface area contributed by atoms with Gasteiger partial charge in [0.05, 0.1) is 13.2 Å². The fraction of sp³-hybridized carbons (Fsp3) is 0.833. The smallest absolute Gasteiger partial charge is 0.411 e. The van der Waals surface area contributed by atoms with E-state index in [1.54, 1.807) is 20.8 Å². The number of hydrogen-bond acceptors (Lipinski definition) is 4. The molecule has 0 aromatic rings. The molecule has 1 heterocycles. The average Bonchev–Trinajstić information content (AvgIpc) is 2.88. The van der Waals surface area contributed by atoms with Gasteiger partial charge in [0.2, 0.25) is 0 Å². The lowest BCUT2D eigenvalue weighted by atomic mass is 10.1. The van der Waals surface area contributed by atoms with Crippen molar-refractivity contribution in [3.8, 4) is 0 Å². The van der Waals surface area contributed by atoms with Crippen molar-refractivity contribution in [1.29, 1.82) is 0 Å². The van der Waals surface area contributed by atoms with Crippen LogP contribution in [-0.2, 0) is 14.3 Å². The van der Waals surface area contributed by atoms with Crippen molar-refractivity contribution in [3.05, 3.63) is 0 Å². The monoisotopic (exact) mass is 243 g/mol. The molecule has 0 bridgehead atoms. The fourth-order valence-electron chi connectivity index (χ4n) is 1.86. The summed E-state index contributed by atoms with van der Waals surface area (Å²) in [5, 5.41) is 0. The normalized spacial score (nSPS) is 23.6. The summed E-state index contributed by atoms with van der Waals surface area (Å²) in [6, 6.07) is -0.604. The van der Waals surface area contributed by atoms with E-state index in [0.29, 0.717) is 0 Å². The first-order valence-electron chi connectivity index (χ1n) is 5.78. The first-order valence-corrected chi connectivity index (χ1v) is 5.78. The highest BCUT2D eigenvalue weighted by Crippen LogP contribution is 2.36. The molecule has 5 nitrogen and oxygen atoms in total. The van der Waals surface area contributed by atoms with Crippen LogP contribution in [0.3, 0.4) is 0 Å². The third-order valence-electron chi connectivity index (χ3n) is 2.58. The average molecular weight is 243 g/mol. The Labute approximate surface area is 102 Å². The van der Waals surface area contributed by atoms with Crippen LogP contribution in [0.15, 0.2) is 0 Å². The molecule has 0 radical (unpaired) electrons. The molecule has 1 fully saturated rings. The predicted molar refractivity (Wildman–Crippen MR) is 62.5 cm³/mol. The van der Waals surface area contributed by atoms with Crippen molar-refractivity contribution in [2.75, 3.05) is 7.11 Å². The molecule has 1 aliphatic rings. The summed E-state index contributed by atoms with van der Waals surface area (Å²) < 4.78 is 9.92. The second-order valence-corrected chi connectivity index (χ2v) is 5.59. The quantitative estimate of drug-likeness (QED) is 0.548. The summed E-state index contributed by atoms with van der Waals surface area (Å²) in [4.78, 5) is 24.8. The molecule has 0 aromatic carbocycles. The predicted octanol–water partition coefficient (Wildman–Crippen LogP) is 1.80. The lowest BCUT2D eigenvalue weighted by Crippen LogP contribution is -2.29. The molecular formula is C12H21NO4. The molecule has 2 atom stereocenters. The Kier molecular flexibility index (Phi) is 3.69. The van der Waals surface area contributed by atoms with Crippen LogP contribution in [0.1, 0.15) is 34.6 Å². The van der Waals surface area contributed by atoms with E-state index in [0.717, 1.165) is 0 Å². The molecular weight excluding hydrogens is 222 g/mol. The molecule has 0 aliphatic carbocycles. The Bertz CT molecular complexity index is 319. The SMILES string of the molecule is COC(=O)[C@@H]1[C@H](C(C)C)N1C(=O)OC(C)(C)C. The molecule has 1 saturated heterocycles. The van der Waals surface area contributed by atoms with Crippen LogP contribution in [0.25, 0.3) is 0 Å². The summed E-state index contributed by atoms with van der Waals surface area (Å²) in [5.74, 6) is -0.179. The van der Waals surface area contributed by atoms with Crippen LogP contribution in [0.4, 0.5) is 4.79 Å². The zero-order valence-electron chi connectivity index (χ0n) is 11.3. The minimum Gasteiger partial charge on any atom is -0.467 e. The number of methoxy groups -OCH3 is 1. The molecule has 1 rings (SSSR count). The van der Waals surface area contributed by atoms with Gasteiger partial charge in [-0.25, -0.2) is 9.59 Å². The maximum absolute atomic E-state index is 11.9. The number of rotatable bonds is 2. The van der Waals surface area contributed by atoms with Crippen LogP contribution >= 0.6 is 0 Å². The molecule has 0 N–H and O–H groups in total. The Morgan fingerprint density at radius 2 is 1.76 bits per heavy atom. The third-order valence-corrected chi connectivity index (χ3v) is 2.58. The van der Waals surface area contributed by atoms with E-state index in [1.807, 2.05) is 13.8 Å². The highest BCUT2D eigenvalue weighted by Gasteiger charge is 2.59. The number of carbonyl (C=O) groups is 2.